The number of nitrogen functional groups attached to an aromatic ring is 1. The number of nitrogens with zero attached hydrogens (tertiary/aromatic N) is 2. The van der Waals surface area contributed by atoms with Crippen molar-refractivity contribution in [3.63, 3.8) is 0 Å². The molecular formula is C13H13N3O. The van der Waals surface area contributed by atoms with Crippen LogP contribution in [0.5, 0.6) is 5.75 Å². The lowest BCUT2D eigenvalue weighted by molar-refractivity contribution is 0.476. The molecule has 0 atom stereocenters. The van der Waals surface area contributed by atoms with Gasteiger partial charge in [0.15, 0.2) is 0 Å². The molecule has 2 aromatic rings. The molecule has 0 saturated carbocycles. The van der Waals surface area contributed by atoms with Crippen LogP contribution in [0.2, 0.25) is 0 Å². The number of azo groups is 1. The number of aromatic hydroxyl groups is 1. The molecule has 0 spiro atoms. The van der Waals surface area contributed by atoms with Gasteiger partial charge < -0.3 is 10.8 Å². The highest BCUT2D eigenvalue weighted by molar-refractivity contribution is 5.58. The van der Waals surface area contributed by atoms with Gasteiger partial charge in [0.2, 0.25) is 0 Å². The zero-order valence-corrected chi connectivity index (χ0v) is 9.46. The summed E-state index contributed by atoms with van der Waals surface area (Å²) in [7, 11) is 0. The molecule has 4 heteroatoms. The van der Waals surface area contributed by atoms with E-state index < -0.39 is 0 Å². The third-order valence-electron chi connectivity index (χ3n) is 2.31. The van der Waals surface area contributed by atoms with Crippen molar-refractivity contribution in [2.45, 2.75) is 6.92 Å². The second kappa shape index (κ2) is 4.65. The molecular weight excluding hydrogens is 214 g/mol. The predicted molar refractivity (Wildman–Crippen MR) is 67.9 cm³/mol. The van der Waals surface area contributed by atoms with Crippen LogP contribution < -0.4 is 5.73 Å². The van der Waals surface area contributed by atoms with Crippen molar-refractivity contribution in [1.82, 2.24) is 0 Å². The molecule has 0 amide bonds. The van der Waals surface area contributed by atoms with E-state index in [1.165, 1.54) is 11.6 Å². The highest BCUT2D eigenvalue weighted by atomic mass is 16.3. The van der Waals surface area contributed by atoms with Crippen LogP contribution in [-0.4, -0.2) is 5.11 Å². The van der Waals surface area contributed by atoms with E-state index in [2.05, 4.69) is 10.2 Å². The Morgan fingerprint density at radius 3 is 2.35 bits per heavy atom. The highest BCUT2D eigenvalue weighted by Gasteiger charge is 1.99. The van der Waals surface area contributed by atoms with Crippen LogP contribution in [0.4, 0.5) is 17.1 Å². The summed E-state index contributed by atoms with van der Waals surface area (Å²) in [5.41, 5.74) is 8.33. The Balaban J connectivity index is 2.23. The third-order valence-corrected chi connectivity index (χ3v) is 2.31. The zero-order chi connectivity index (χ0) is 12.3. The molecule has 0 fully saturated rings. The fourth-order valence-corrected chi connectivity index (χ4v) is 1.35. The summed E-state index contributed by atoms with van der Waals surface area (Å²) in [6, 6.07) is 12.4. The number of phenolic OH excluding ortho intramolecular Hbond substituents is 1. The average molecular weight is 227 g/mol. The van der Waals surface area contributed by atoms with Gasteiger partial charge in [-0.25, -0.2) is 0 Å². The van der Waals surface area contributed by atoms with Gasteiger partial charge in [0.1, 0.15) is 11.4 Å². The van der Waals surface area contributed by atoms with Gasteiger partial charge in [-0.05, 0) is 31.2 Å². The second-order valence-corrected chi connectivity index (χ2v) is 3.78. The van der Waals surface area contributed by atoms with Crippen molar-refractivity contribution >= 4 is 17.1 Å². The lowest BCUT2D eigenvalue weighted by atomic mass is 10.2. The highest BCUT2D eigenvalue weighted by Crippen LogP contribution is 2.29. The van der Waals surface area contributed by atoms with Gasteiger partial charge in [-0.3, -0.25) is 0 Å². The number of phenols is 1. The van der Waals surface area contributed by atoms with Gasteiger partial charge in [0.05, 0.1) is 5.69 Å². The molecule has 17 heavy (non-hydrogen) atoms. The topological polar surface area (TPSA) is 71.0 Å². The molecule has 0 aliphatic rings. The van der Waals surface area contributed by atoms with Gasteiger partial charge in [-0.15, -0.1) is 5.11 Å². The third kappa shape index (κ3) is 2.81. The van der Waals surface area contributed by atoms with Crippen molar-refractivity contribution < 1.29 is 5.11 Å². The first-order valence-electron chi connectivity index (χ1n) is 5.22. The number of hydrogen-bond donors (Lipinski definition) is 2. The quantitative estimate of drug-likeness (QED) is 0.606. The molecule has 0 aliphatic carbocycles. The van der Waals surface area contributed by atoms with E-state index in [4.69, 9.17) is 5.73 Å². The summed E-state index contributed by atoms with van der Waals surface area (Å²) in [4.78, 5) is 0. The van der Waals surface area contributed by atoms with Crippen molar-refractivity contribution in [2.75, 3.05) is 5.73 Å². The first-order chi connectivity index (χ1) is 8.15. The van der Waals surface area contributed by atoms with Gasteiger partial charge in [0, 0.05) is 11.8 Å². The largest absolute Gasteiger partial charge is 0.506 e. The Hall–Kier alpha value is -2.36. The van der Waals surface area contributed by atoms with E-state index in [9.17, 15) is 5.11 Å². The number of nitrogens with two attached hydrogens (primary N) is 1. The van der Waals surface area contributed by atoms with Crippen molar-refractivity contribution in [3.05, 3.63) is 48.0 Å². The second-order valence-electron chi connectivity index (χ2n) is 3.78. The van der Waals surface area contributed by atoms with Crippen LogP contribution in [0.15, 0.2) is 52.7 Å². The van der Waals surface area contributed by atoms with Crippen molar-refractivity contribution in [1.29, 1.82) is 0 Å². The first-order valence-corrected chi connectivity index (χ1v) is 5.22. The van der Waals surface area contributed by atoms with Crippen LogP contribution in [0.25, 0.3) is 0 Å². The van der Waals surface area contributed by atoms with Gasteiger partial charge in [0.25, 0.3) is 0 Å². The molecule has 86 valence electrons. The Labute approximate surface area is 99.4 Å². The molecule has 0 bridgehead atoms. The van der Waals surface area contributed by atoms with E-state index in [0.29, 0.717) is 11.4 Å². The standard InChI is InChI=1S/C13H13N3O/c1-9-2-5-11(6-3-9)15-16-12-7-4-10(14)8-13(12)17/h2-8,17H,14H2,1H3. The van der Waals surface area contributed by atoms with Gasteiger partial charge in [-0.1, -0.05) is 17.7 Å². The van der Waals surface area contributed by atoms with Crippen LogP contribution >= 0.6 is 0 Å². The Morgan fingerprint density at radius 1 is 1.00 bits per heavy atom. The molecule has 0 saturated heterocycles. The first kappa shape index (κ1) is 11.1. The van der Waals surface area contributed by atoms with Crippen LogP contribution in [0.3, 0.4) is 0 Å². The van der Waals surface area contributed by atoms with E-state index in [-0.39, 0.29) is 5.75 Å². The monoisotopic (exact) mass is 227 g/mol. The van der Waals surface area contributed by atoms with Crippen molar-refractivity contribution in [2.24, 2.45) is 10.2 Å². The maximum Gasteiger partial charge on any atom is 0.145 e. The fraction of sp³-hybridized carbons (Fsp3) is 0.0769. The minimum atomic E-state index is 0.0286. The average Bonchev–Trinajstić information content (AvgIpc) is 2.30. The Bertz CT molecular complexity index is 547. The lowest BCUT2D eigenvalue weighted by Gasteiger charge is -1.99. The molecule has 4 nitrogen and oxygen atoms in total. The van der Waals surface area contributed by atoms with E-state index in [1.807, 2.05) is 31.2 Å². The number of hydrogen-bond acceptors (Lipinski definition) is 4. The number of aryl methyl sites for hydroxylation is 1. The SMILES string of the molecule is Cc1ccc(N=Nc2ccc(N)cc2O)cc1. The maximum absolute atomic E-state index is 9.58. The molecule has 0 radical (unpaired) electrons. The fourth-order valence-electron chi connectivity index (χ4n) is 1.35. The minimum Gasteiger partial charge on any atom is -0.506 e. The summed E-state index contributed by atoms with van der Waals surface area (Å²) >= 11 is 0. The number of benzene rings is 2. The predicted octanol–water partition coefficient (Wildman–Crippen LogP) is 3.70. The van der Waals surface area contributed by atoms with Crippen LogP contribution in [-0.2, 0) is 0 Å². The summed E-state index contributed by atoms with van der Waals surface area (Å²) in [5.74, 6) is 0.0286. The molecule has 2 aromatic carbocycles. The number of anilines is 1. The van der Waals surface area contributed by atoms with Crippen LogP contribution in [0.1, 0.15) is 5.56 Å². The maximum atomic E-state index is 9.58. The van der Waals surface area contributed by atoms with E-state index >= 15 is 0 Å². The molecule has 3 N–H and O–H groups in total. The van der Waals surface area contributed by atoms with E-state index in [0.717, 1.165) is 5.69 Å². The summed E-state index contributed by atoms with van der Waals surface area (Å²) in [5, 5.41) is 17.6. The summed E-state index contributed by atoms with van der Waals surface area (Å²) < 4.78 is 0. The van der Waals surface area contributed by atoms with Gasteiger partial charge in [-0.2, -0.15) is 5.11 Å². The van der Waals surface area contributed by atoms with E-state index in [1.54, 1.807) is 12.1 Å². The molecule has 0 unspecified atom stereocenters. The molecule has 0 aliphatic heterocycles. The minimum absolute atomic E-state index is 0.0286. The number of rotatable bonds is 2. The molecule has 2 rings (SSSR count). The molecule has 0 heterocycles. The molecule has 0 aromatic heterocycles. The van der Waals surface area contributed by atoms with Crippen molar-refractivity contribution in [3.8, 4) is 5.75 Å². The van der Waals surface area contributed by atoms with Gasteiger partial charge >= 0.3 is 0 Å². The summed E-state index contributed by atoms with van der Waals surface area (Å²) in [6.07, 6.45) is 0. The Morgan fingerprint density at radius 2 is 1.71 bits per heavy atom. The van der Waals surface area contributed by atoms with Crippen LogP contribution in [0, 0.1) is 6.92 Å². The Kier molecular flexibility index (Phi) is 3.05. The smallest absolute Gasteiger partial charge is 0.145 e. The summed E-state index contributed by atoms with van der Waals surface area (Å²) in [6.45, 7) is 2.01. The normalized spacial score (nSPS) is 10.9. The zero-order valence-electron chi connectivity index (χ0n) is 9.46. The lowest BCUT2D eigenvalue weighted by Crippen LogP contribution is -1.81.